The Hall–Kier alpha value is -1.07. The molecular formula is C17H16BrClO3. The maximum Gasteiger partial charge on any atom is 0.124 e. The lowest BCUT2D eigenvalue weighted by Crippen LogP contribution is -2.15. The molecule has 1 unspecified atom stereocenters. The van der Waals surface area contributed by atoms with Crippen LogP contribution < -0.4 is 4.74 Å². The number of hydrogen-bond acceptors (Lipinski definition) is 3. The molecular weight excluding hydrogens is 368 g/mol. The molecule has 0 saturated carbocycles. The maximum absolute atomic E-state index is 10.5. The van der Waals surface area contributed by atoms with Gasteiger partial charge in [-0.15, -0.1) is 0 Å². The SMILES string of the molecule is OC(c1ccc(O[C@H]2CCOC2)cc1)c1cc(Br)ccc1Cl. The first-order valence-corrected chi connectivity index (χ1v) is 8.28. The average Bonchev–Trinajstić information content (AvgIpc) is 3.03. The monoisotopic (exact) mass is 382 g/mol. The standard InChI is InChI=1S/C17H16BrClO3/c18-12-3-6-16(19)15(9-12)17(20)11-1-4-13(5-2-11)22-14-7-8-21-10-14/h1-6,9,14,17,20H,7-8,10H2/t14-,17?/m0/s1. The highest BCUT2D eigenvalue weighted by atomic mass is 79.9. The molecule has 2 atom stereocenters. The van der Waals surface area contributed by atoms with Crippen molar-refractivity contribution in [1.29, 1.82) is 0 Å². The molecule has 0 spiro atoms. The number of ether oxygens (including phenoxy) is 2. The summed E-state index contributed by atoms with van der Waals surface area (Å²) in [6.07, 6.45) is 0.266. The summed E-state index contributed by atoms with van der Waals surface area (Å²) in [5.41, 5.74) is 1.45. The first-order chi connectivity index (χ1) is 10.6. The lowest BCUT2D eigenvalue weighted by atomic mass is 10.0. The van der Waals surface area contributed by atoms with Crippen LogP contribution in [0.3, 0.4) is 0 Å². The van der Waals surface area contributed by atoms with Crippen molar-refractivity contribution in [3.05, 3.63) is 63.1 Å². The van der Waals surface area contributed by atoms with E-state index < -0.39 is 6.10 Å². The summed E-state index contributed by atoms with van der Waals surface area (Å²) in [4.78, 5) is 0. The number of halogens is 2. The topological polar surface area (TPSA) is 38.7 Å². The number of aliphatic hydroxyl groups is 1. The summed E-state index contributed by atoms with van der Waals surface area (Å²) >= 11 is 9.56. The van der Waals surface area contributed by atoms with Crippen LogP contribution in [0.5, 0.6) is 5.75 Å². The Morgan fingerprint density at radius 3 is 2.68 bits per heavy atom. The molecule has 3 nitrogen and oxygen atoms in total. The highest BCUT2D eigenvalue weighted by Gasteiger charge is 2.18. The Kier molecular flexibility index (Phi) is 5.03. The van der Waals surface area contributed by atoms with Crippen LogP contribution in [-0.4, -0.2) is 24.4 Å². The van der Waals surface area contributed by atoms with E-state index in [1.165, 1.54) is 0 Å². The summed E-state index contributed by atoms with van der Waals surface area (Å²) in [6.45, 7) is 1.39. The van der Waals surface area contributed by atoms with Gasteiger partial charge >= 0.3 is 0 Å². The van der Waals surface area contributed by atoms with Gasteiger partial charge in [0.2, 0.25) is 0 Å². The van der Waals surface area contributed by atoms with Gasteiger partial charge in [-0.05, 0) is 35.9 Å². The fraction of sp³-hybridized carbons (Fsp3) is 0.294. The molecule has 5 heteroatoms. The molecule has 0 aliphatic carbocycles. The van der Waals surface area contributed by atoms with E-state index in [4.69, 9.17) is 21.1 Å². The van der Waals surface area contributed by atoms with Gasteiger partial charge in [-0.2, -0.15) is 0 Å². The Labute approximate surface area is 142 Å². The summed E-state index contributed by atoms with van der Waals surface area (Å²) in [5, 5.41) is 11.0. The second-order valence-electron chi connectivity index (χ2n) is 5.24. The molecule has 1 N–H and O–H groups in total. The lowest BCUT2D eigenvalue weighted by molar-refractivity contribution is 0.141. The van der Waals surface area contributed by atoms with E-state index in [0.29, 0.717) is 17.2 Å². The van der Waals surface area contributed by atoms with Crippen molar-refractivity contribution in [1.82, 2.24) is 0 Å². The van der Waals surface area contributed by atoms with E-state index in [2.05, 4.69) is 15.9 Å². The molecule has 0 aromatic heterocycles. The smallest absolute Gasteiger partial charge is 0.124 e. The van der Waals surface area contributed by atoms with Gasteiger partial charge in [0.05, 0.1) is 13.2 Å². The van der Waals surface area contributed by atoms with E-state index in [0.717, 1.165) is 28.8 Å². The fourth-order valence-corrected chi connectivity index (χ4v) is 3.03. The van der Waals surface area contributed by atoms with Gasteiger partial charge in [-0.25, -0.2) is 0 Å². The number of rotatable bonds is 4. The van der Waals surface area contributed by atoms with Gasteiger partial charge in [-0.1, -0.05) is 39.7 Å². The Balaban J connectivity index is 1.75. The maximum atomic E-state index is 10.5. The molecule has 0 amide bonds. The molecule has 0 bridgehead atoms. The average molecular weight is 384 g/mol. The van der Waals surface area contributed by atoms with E-state index in [1.54, 1.807) is 6.07 Å². The molecule has 1 saturated heterocycles. The van der Waals surface area contributed by atoms with Crippen molar-refractivity contribution in [3.63, 3.8) is 0 Å². The van der Waals surface area contributed by atoms with Gasteiger partial charge in [0.1, 0.15) is 18.0 Å². The Morgan fingerprint density at radius 1 is 1.23 bits per heavy atom. The molecule has 116 valence electrons. The third-order valence-corrected chi connectivity index (χ3v) is 4.48. The third-order valence-electron chi connectivity index (χ3n) is 3.64. The van der Waals surface area contributed by atoms with Crippen LogP contribution in [0.25, 0.3) is 0 Å². The molecule has 22 heavy (non-hydrogen) atoms. The van der Waals surface area contributed by atoms with Crippen molar-refractivity contribution in [2.75, 3.05) is 13.2 Å². The largest absolute Gasteiger partial charge is 0.488 e. The predicted molar refractivity (Wildman–Crippen MR) is 89.5 cm³/mol. The van der Waals surface area contributed by atoms with Crippen molar-refractivity contribution < 1.29 is 14.6 Å². The number of hydrogen-bond donors (Lipinski definition) is 1. The zero-order valence-electron chi connectivity index (χ0n) is 11.8. The normalized spacial score (nSPS) is 19.1. The van der Waals surface area contributed by atoms with Gasteiger partial charge < -0.3 is 14.6 Å². The summed E-state index contributed by atoms with van der Waals surface area (Å²) in [6, 6.07) is 12.9. The molecule has 3 rings (SSSR count). The van der Waals surface area contributed by atoms with Gasteiger partial charge in [-0.3, -0.25) is 0 Å². The molecule has 1 fully saturated rings. The minimum absolute atomic E-state index is 0.121. The minimum atomic E-state index is -0.770. The summed E-state index contributed by atoms with van der Waals surface area (Å²) in [5.74, 6) is 0.784. The fourth-order valence-electron chi connectivity index (χ4n) is 2.43. The van der Waals surface area contributed by atoms with Crippen molar-refractivity contribution >= 4 is 27.5 Å². The van der Waals surface area contributed by atoms with Crippen LogP contribution in [0.2, 0.25) is 5.02 Å². The van der Waals surface area contributed by atoms with Crippen LogP contribution in [0.15, 0.2) is 46.9 Å². The Bertz CT molecular complexity index is 639. The zero-order chi connectivity index (χ0) is 15.5. The second-order valence-corrected chi connectivity index (χ2v) is 6.56. The van der Waals surface area contributed by atoms with Crippen LogP contribution in [0, 0.1) is 0 Å². The van der Waals surface area contributed by atoms with E-state index in [1.807, 2.05) is 36.4 Å². The first-order valence-electron chi connectivity index (χ1n) is 7.11. The molecule has 0 radical (unpaired) electrons. The van der Waals surface area contributed by atoms with Gasteiger partial charge in [0.25, 0.3) is 0 Å². The zero-order valence-corrected chi connectivity index (χ0v) is 14.2. The predicted octanol–water partition coefficient (Wildman–Crippen LogP) is 4.35. The first kappa shape index (κ1) is 15.8. The van der Waals surface area contributed by atoms with Crippen molar-refractivity contribution in [2.45, 2.75) is 18.6 Å². The molecule has 2 aromatic rings. The van der Waals surface area contributed by atoms with Crippen LogP contribution >= 0.6 is 27.5 Å². The van der Waals surface area contributed by atoms with E-state index in [-0.39, 0.29) is 6.10 Å². The lowest BCUT2D eigenvalue weighted by Gasteiger charge is -2.15. The van der Waals surface area contributed by atoms with Crippen LogP contribution in [-0.2, 0) is 4.74 Å². The number of aliphatic hydroxyl groups excluding tert-OH is 1. The van der Waals surface area contributed by atoms with Crippen molar-refractivity contribution in [3.8, 4) is 5.75 Å². The second kappa shape index (κ2) is 7.01. The molecule has 1 heterocycles. The van der Waals surface area contributed by atoms with Crippen LogP contribution in [0.4, 0.5) is 0 Å². The van der Waals surface area contributed by atoms with Crippen LogP contribution in [0.1, 0.15) is 23.7 Å². The quantitative estimate of drug-likeness (QED) is 0.853. The van der Waals surface area contributed by atoms with Gasteiger partial charge in [0, 0.05) is 21.5 Å². The van der Waals surface area contributed by atoms with E-state index in [9.17, 15) is 5.11 Å². The summed E-state index contributed by atoms with van der Waals surface area (Å²) < 4.78 is 12.0. The molecule has 1 aliphatic rings. The Morgan fingerprint density at radius 2 is 2.00 bits per heavy atom. The minimum Gasteiger partial charge on any atom is -0.488 e. The highest BCUT2D eigenvalue weighted by Crippen LogP contribution is 2.31. The molecule has 2 aromatic carbocycles. The van der Waals surface area contributed by atoms with E-state index >= 15 is 0 Å². The highest BCUT2D eigenvalue weighted by molar-refractivity contribution is 9.10. The van der Waals surface area contributed by atoms with Gasteiger partial charge in [0.15, 0.2) is 0 Å². The number of benzene rings is 2. The molecule has 1 aliphatic heterocycles. The third kappa shape index (κ3) is 3.63. The van der Waals surface area contributed by atoms with Crippen molar-refractivity contribution in [2.24, 2.45) is 0 Å². The summed E-state index contributed by atoms with van der Waals surface area (Å²) in [7, 11) is 0.